The Kier molecular flexibility index (Phi) is 4.81. The van der Waals surface area contributed by atoms with Crippen molar-refractivity contribution in [3.05, 3.63) is 51.8 Å². The van der Waals surface area contributed by atoms with Crippen LogP contribution in [0.15, 0.2) is 35.7 Å². The zero-order valence-corrected chi connectivity index (χ0v) is 14.1. The van der Waals surface area contributed by atoms with Crippen molar-refractivity contribution >= 4 is 11.3 Å². The number of hydrogen-bond donors (Lipinski definition) is 0. The topological polar surface area (TPSA) is 73.0 Å². The molecule has 0 aliphatic carbocycles. The smallest absolute Gasteiger partial charge is 0.435 e. The van der Waals surface area contributed by atoms with Gasteiger partial charge in [0.15, 0.2) is 5.69 Å². The summed E-state index contributed by atoms with van der Waals surface area (Å²) in [6, 6.07) is 9.17. The zero-order valence-electron chi connectivity index (χ0n) is 13.3. The first kappa shape index (κ1) is 17.8. The number of rotatable bonds is 5. The molecule has 6 nitrogen and oxygen atoms in total. The van der Waals surface area contributed by atoms with E-state index in [-0.39, 0.29) is 29.8 Å². The maximum Gasteiger partial charge on any atom is 0.435 e. The fourth-order valence-electron chi connectivity index (χ4n) is 2.00. The van der Waals surface area contributed by atoms with Gasteiger partial charge in [0.1, 0.15) is 6.61 Å². The van der Waals surface area contributed by atoms with Gasteiger partial charge in [0.05, 0.1) is 11.6 Å². The molecule has 0 aliphatic heterocycles. The molecule has 0 aliphatic rings. The summed E-state index contributed by atoms with van der Waals surface area (Å²) in [4.78, 5) is 5.03. The number of nitrogens with zero attached hydrogens (tertiary/aromatic N) is 4. The Morgan fingerprint density at radius 2 is 2.04 bits per heavy atom. The van der Waals surface area contributed by atoms with E-state index in [1.54, 1.807) is 0 Å². The van der Waals surface area contributed by atoms with E-state index in [1.807, 2.05) is 23.6 Å². The van der Waals surface area contributed by atoms with Crippen LogP contribution in [0.25, 0.3) is 0 Å². The maximum atomic E-state index is 12.7. The van der Waals surface area contributed by atoms with E-state index in [2.05, 4.69) is 10.1 Å². The second-order valence-electron chi connectivity index (χ2n) is 5.10. The summed E-state index contributed by atoms with van der Waals surface area (Å²) in [5.41, 5.74) is -0.880. The Morgan fingerprint density at radius 3 is 2.65 bits per heavy atom. The summed E-state index contributed by atoms with van der Waals surface area (Å²) < 4.78 is 50.0. The molecule has 3 heterocycles. The molecule has 0 radical (unpaired) electrons. The lowest BCUT2D eigenvalue weighted by molar-refractivity contribution is -0.141. The summed E-state index contributed by atoms with van der Waals surface area (Å²) in [7, 11) is 1.31. The van der Waals surface area contributed by atoms with Crippen molar-refractivity contribution in [2.24, 2.45) is 7.05 Å². The van der Waals surface area contributed by atoms with Crippen LogP contribution in [-0.4, -0.2) is 14.8 Å². The zero-order chi connectivity index (χ0) is 18.7. The molecule has 0 spiro atoms. The van der Waals surface area contributed by atoms with Crippen molar-refractivity contribution in [2.45, 2.75) is 12.8 Å². The number of pyridine rings is 1. The predicted octanol–water partition coefficient (Wildman–Crippen LogP) is 4.14. The van der Waals surface area contributed by atoms with Crippen LogP contribution in [0.2, 0.25) is 0 Å². The molecule has 0 atom stereocenters. The van der Waals surface area contributed by atoms with Gasteiger partial charge in [-0.25, -0.2) is 4.68 Å². The van der Waals surface area contributed by atoms with Gasteiger partial charge < -0.3 is 9.47 Å². The van der Waals surface area contributed by atoms with E-state index in [4.69, 9.17) is 14.7 Å². The SMILES string of the molecule is Cn1nc(C(F)(F)F)cc1Oc1cc(C#N)cc(OCc2cccs2)n1. The molecule has 3 aromatic heterocycles. The third kappa shape index (κ3) is 4.12. The first-order chi connectivity index (χ1) is 12.3. The summed E-state index contributed by atoms with van der Waals surface area (Å²) >= 11 is 1.50. The second kappa shape index (κ2) is 7.05. The Morgan fingerprint density at radius 1 is 1.27 bits per heavy atom. The molecule has 3 rings (SSSR count). The molecule has 0 fully saturated rings. The van der Waals surface area contributed by atoms with Crippen molar-refractivity contribution in [3.63, 3.8) is 0 Å². The fraction of sp³-hybridized carbons (Fsp3) is 0.188. The average molecular weight is 380 g/mol. The van der Waals surface area contributed by atoms with E-state index >= 15 is 0 Å². The van der Waals surface area contributed by atoms with Crippen LogP contribution in [0.4, 0.5) is 13.2 Å². The summed E-state index contributed by atoms with van der Waals surface area (Å²) in [6.07, 6.45) is -4.59. The van der Waals surface area contributed by atoms with Gasteiger partial charge in [0, 0.05) is 30.1 Å². The van der Waals surface area contributed by atoms with Crippen LogP contribution < -0.4 is 9.47 Å². The van der Waals surface area contributed by atoms with Crippen LogP contribution in [0.1, 0.15) is 16.1 Å². The molecule has 3 aromatic rings. The van der Waals surface area contributed by atoms with Crippen LogP contribution in [-0.2, 0) is 19.8 Å². The number of ether oxygens (including phenoxy) is 2. The molecular formula is C16H11F3N4O2S. The maximum absolute atomic E-state index is 12.7. The molecule has 0 amide bonds. The van der Waals surface area contributed by atoms with Crippen molar-refractivity contribution in [1.82, 2.24) is 14.8 Å². The number of aromatic nitrogens is 3. The highest BCUT2D eigenvalue weighted by molar-refractivity contribution is 7.09. The molecule has 10 heteroatoms. The van der Waals surface area contributed by atoms with Gasteiger partial charge in [-0.15, -0.1) is 11.3 Å². The number of hydrogen-bond acceptors (Lipinski definition) is 6. The van der Waals surface area contributed by atoms with Gasteiger partial charge in [0.2, 0.25) is 17.6 Å². The fourth-order valence-corrected chi connectivity index (χ4v) is 2.62. The first-order valence-corrected chi connectivity index (χ1v) is 8.09. The first-order valence-electron chi connectivity index (χ1n) is 7.21. The molecular weight excluding hydrogens is 369 g/mol. The van der Waals surface area contributed by atoms with Crippen molar-refractivity contribution < 1.29 is 22.6 Å². The van der Waals surface area contributed by atoms with Gasteiger partial charge in [-0.1, -0.05) is 6.07 Å². The highest BCUT2D eigenvalue weighted by atomic mass is 32.1. The van der Waals surface area contributed by atoms with E-state index in [0.29, 0.717) is 0 Å². The number of nitriles is 1. The van der Waals surface area contributed by atoms with Crippen LogP contribution in [0, 0.1) is 11.3 Å². The van der Waals surface area contributed by atoms with Gasteiger partial charge in [0.25, 0.3) is 0 Å². The van der Waals surface area contributed by atoms with E-state index < -0.39 is 11.9 Å². The van der Waals surface area contributed by atoms with Crippen molar-refractivity contribution in [2.75, 3.05) is 0 Å². The van der Waals surface area contributed by atoms with Crippen LogP contribution in [0.3, 0.4) is 0 Å². The quantitative estimate of drug-likeness (QED) is 0.665. The molecule has 134 valence electrons. The van der Waals surface area contributed by atoms with Crippen molar-refractivity contribution in [3.8, 4) is 23.7 Å². The van der Waals surface area contributed by atoms with Gasteiger partial charge in [-0.3, -0.25) is 0 Å². The molecule has 0 bridgehead atoms. The van der Waals surface area contributed by atoms with Crippen LogP contribution >= 0.6 is 11.3 Å². The highest BCUT2D eigenvalue weighted by Gasteiger charge is 2.35. The lowest BCUT2D eigenvalue weighted by atomic mass is 10.3. The predicted molar refractivity (Wildman–Crippen MR) is 85.9 cm³/mol. The molecule has 0 saturated heterocycles. The summed E-state index contributed by atoms with van der Waals surface area (Å²) in [5, 5.41) is 14.4. The lowest BCUT2D eigenvalue weighted by Crippen LogP contribution is -2.06. The molecule has 0 aromatic carbocycles. The average Bonchev–Trinajstić information content (AvgIpc) is 3.23. The van der Waals surface area contributed by atoms with E-state index in [9.17, 15) is 13.2 Å². The number of halogens is 3. The third-order valence-electron chi connectivity index (χ3n) is 3.19. The number of thiophene rings is 1. The Labute approximate surface area is 150 Å². The third-order valence-corrected chi connectivity index (χ3v) is 4.04. The largest absolute Gasteiger partial charge is 0.472 e. The number of aryl methyl sites for hydroxylation is 1. The molecule has 0 saturated carbocycles. The van der Waals surface area contributed by atoms with Crippen LogP contribution in [0.5, 0.6) is 17.6 Å². The van der Waals surface area contributed by atoms with Gasteiger partial charge >= 0.3 is 6.18 Å². The molecule has 26 heavy (non-hydrogen) atoms. The van der Waals surface area contributed by atoms with E-state index in [0.717, 1.165) is 15.6 Å². The molecule has 0 unspecified atom stereocenters. The Balaban J connectivity index is 1.82. The lowest BCUT2D eigenvalue weighted by Gasteiger charge is -2.08. The minimum atomic E-state index is -4.59. The summed E-state index contributed by atoms with van der Waals surface area (Å²) in [5.74, 6) is -0.100. The van der Waals surface area contributed by atoms with Gasteiger partial charge in [-0.05, 0) is 11.4 Å². The Bertz CT molecular complexity index is 946. The minimum Gasteiger partial charge on any atom is -0.472 e. The molecule has 0 N–H and O–H groups in total. The standard InChI is InChI=1S/C16H11F3N4O2S/c1-23-15(7-12(22-23)16(17,18)19)25-14-6-10(8-20)5-13(21-14)24-9-11-3-2-4-26-11/h2-7H,9H2,1H3. The van der Waals surface area contributed by atoms with Crippen molar-refractivity contribution in [1.29, 1.82) is 5.26 Å². The minimum absolute atomic E-state index is 0.0676. The van der Waals surface area contributed by atoms with Gasteiger partial charge in [-0.2, -0.15) is 28.5 Å². The second-order valence-corrected chi connectivity index (χ2v) is 6.14. The number of alkyl halides is 3. The summed E-state index contributed by atoms with van der Waals surface area (Å²) in [6.45, 7) is 0.253. The highest BCUT2D eigenvalue weighted by Crippen LogP contribution is 2.32. The monoisotopic (exact) mass is 380 g/mol. The van der Waals surface area contributed by atoms with E-state index in [1.165, 1.54) is 30.5 Å². The normalized spacial score (nSPS) is 11.2. The Hall–Kier alpha value is -3.06.